The molecule has 1 aromatic heterocycles. The van der Waals surface area contributed by atoms with Crippen molar-refractivity contribution in [1.29, 1.82) is 0 Å². The smallest absolute Gasteiger partial charge is 0.262 e. The summed E-state index contributed by atoms with van der Waals surface area (Å²) >= 11 is 0. The summed E-state index contributed by atoms with van der Waals surface area (Å²) in [5.74, 6) is 0.622. The van der Waals surface area contributed by atoms with Gasteiger partial charge in [0.1, 0.15) is 5.52 Å². The Bertz CT molecular complexity index is 1040. The molecule has 0 bridgehead atoms. The second-order valence-electron chi connectivity index (χ2n) is 7.33. The number of sulfonamides is 1. The lowest BCUT2D eigenvalue weighted by Gasteiger charge is -2.11. The highest BCUT2D eigenvalue weighted by atomic mass is 32.2. The number of oxazole rings is 1. The molecule has 0 fully saturated rings. The van der Waals surface area contributed by atoms with Crippen molar-refractivity contribution in [2.45, 2.75) is 44.9 Å². The van der Waals surface area contributed by atoms with Gasteiger partial charge in [0.05, 0.1) is 10.6 Å². The summed E-state index contributed by atoms with van der Waals surface area (Å²) in [4.78, 5) is 4.76. The van der Waals surface area contributed by atoms with Gasteiger partial charge in [0.2, 0.25) is 5.89 Å². The van der Waals surface area contributed by atoms with Crippen LogP contribution in [-0.4, -0.2) is 13.4 Å². The van der Waals surface area contributed by atoms with Gasteiger partial charge in [0.25, 0.3) is 10.0 Å². The monoisotopic (exact) mass is 358 g/mol. The van der Waals surface area contributed by atoms with Crippen molar-refractivity contribution in [1.82, 2.24) is 4.98 Å². The molecule has 25 heavy (non-hydrogen) atoms. The fraction of sp³-hybridized carbons (Fsp3) is 0.316. The summed E-state index contributed by atoms with van der Waals surface area (Å²) in [5, 5.41) is 0. The third-order valence-corrected chi connectivity index (χ3v) is 5.44. The maximum absolute atomic E-state index is 12.7. The van der Waals surface area contributed by atoms with Crippen LogP contribution in [0.4, 0.5) is 5.69 Å². The van der Waals surface area contributed by atoms with Crippen molar-refractivity contribution in [3.05, 3.63) is 53.4 Å². The van der Waals surface area contributed by atoms with Crippen LogP contribution in [0.3, 0.4) is 0 Å². The Balaban J connectivity index is 1.98. The topological polar surface area (TPSA) is 72.2 Å². The molecule has 6 heteroatoms. The molecule has 1 heterocycles. The van der Waals surface area contributed by atoms with E-state index in [1.165, 1.54) is 0 Å². The van der Waals surface area contributed by atoms with Gasteiger partial charge < -0.3 is 4.42 Å². The number of nitrogens with zero attached hydrogens (tertiary/aromatic N) is 1. The van der Waals surface area contributed by atoms with Crippen molar-refractivity contribution in [3.8, 4) is 0 Å². The van der Waals surface area contributed by atoms with Gasteiger partial charge in [0, 0.05) is 5.41 Å². The molecule has 3 rings (SSSR count). The first kappa shape index (κ1) is 17.5. The van der Waals surface area contributed by atoms with Gasteiger partial charge in [-0.25, -0.2) is 13.4 Å². The van der Waals surface area contributed by atoms with Crippen molar-refractivity contribution >= 4 is 26.8 Å². The molecular formula is C19H22N2O3S. The zero-order chi connectivity index (χ0) is 18.4. The minimum absolute atomic E-state index is 0.211. The van der Waals surface area contributed by atoms with Gasteiger partial charge in [-0.05, 0) is 49.2 Å². The van der Waals surface area contributed by atoms with E-state index in [0.29, 0.717) is 28.2 Å². The van der Waals surface area contributed by atoms with Crippen LogP contribution in [-0.2, 0) is 15.4 Å². The Labute approximate surface area is 148 Å². The molecule has 2 aromatic carbocycles. The molecule has 0 atom stereocenters. The van der Waals surface area contributed by atoms with Crippen molar-refractivity contribution in [2.75, 3.05) is 4.72 Å². The molecule has 0 aliphatic carbocycles. The first-order valence-electron chi connectivity index (χ1n) is 8.07. The van der Waals surface area contributed by atoms with Crippen LogP contribution in [0.2, 0.25) is 0 Å². The van der Waals surface area contributed by atoms with E-state index in [1.54, 1.807) is 37.3 Å². The molecule has 5 nitrogen and oxygen atoms in total. The van der Waals surface area contributed by atoms with Gasteiger partial charge in [0.15, 0.2) is 5.58 Å². The van der Waals surface area contributed by atoms with Crippen LogP contribution in [0.15, 0.2) is 45.7 Å². The molecule has 0 aliphatic rings. The Morgan fingerprint density at radius 1 is 1.04 bits per heavy atom. The van der Waals surface area contributed by atoms with Crippen molar-refractivity contribution in [2.24, 2.45) is 0 Å². The van der Waals surface area contributed by atoms with Gasteiger partial charge in [-0.2, -0.15) is 0 Å². The normalized spacial score (nSPS) is 12.5. The number of aromatic nitrogens is 1. The molecule has 1 N–H and O–H groups in total. The van der Waals surface area contributed by atoms with Crippen LogP contribution in [0.25, 0.3) is 11.1 Å². The number of aryl methyl sites for hydroxylation is 2. The summed E-state index contributed by atoms with van der Waals surface area (Å²) in [6.07, 6.45) is 0. The minimum Gasteiger partial charge on any atom is -0.440 e. The average molecular weight is 358 g/mol. The number of fused-ring (bicyclic) bond motifs is 1. The lowest BCUT2D eigenvalue weighted by atomic mass is 9.97. The first-order chi connectivity index (χ1) is 11.6. The number of hydrogen-bond donors (Lipinski definition) is 1. The zero-order valence-electron chi connectivity index (χ0n) is 15.0. The second-order valence-corrected chi connectivity index (χ2v) is 8.98. The van der Waals surface area contributed by atoms with Crippen LogP contribution < -0.4 is 4.72 Å². The molecule has 0 aliphatic heterocycles. The van der Waals surface area contributed by atoms with Crippen LogP contribution >= 0.6 is 0 Å². The van der Waals surface area contributed by atoms with Crippen LogP contribution in [0, 0.1) is 13.8 Å². The predicted octanol–water partition coefficient (Wildman–Crippen LogP) is 4.54. The van der Waals surface area contributed by atoms with Gasteiger partial charge in [-0.3, -0.25) is 4.72 Å². The van der Waals surface area contributed by atoms with Crippen LogP contribution in [0.5, 0.6) is 0 Å². The first-order valence-corrected chi connectivity index (χ1v) is 9.56. The number of hydrogen-bond acceptors (Lipinski definition) is 4. The van der Waals surface area contributed by atoms with E-state index in [-0.39, 0.29) is 10.3 Å². The average Bonchev–Trinajstić information content (AvgIpc) is 2.92. The predicted molar refractivity (Wildman–Crippen MR) is 99.4 cm³/mol. The molecule has 0 spiro atoms. The highest BCUT2D eigenvalue weighted by Crippen LogP contribution is 2.28. The summed E-state index contributed by atoms with van der Waals surface area (Å²) in [7, 11) is -3.67. The quantitative estimate of drug-likeness (QED) is 0.746. The van der Waals surface area contributed by atoms with E-state index in [2.05, 4.69) is 9.71 Å². The van der Waals surface area contributed by atoms with E-state index < -0.39 is 10.0 Å². The lowest BCUT2D eigenvalue weighted by molar-refractivity contribution is 0.411. The second kappa shape index (κ2) is 5.88. The van der Waals surface area contributed by atoms with E-state index in [0.717, 1.165) is 5.56 Å². The highest BCUT2D eigenvalue weighted by Gasteiger charge is 2.22. The Morgan fingerprint density at radius 2 is 1.76 bits per heavy atom. The number of anilines is 1. The molecule has 0 radical (unpaired) electrons. The lowest BCUT2D eigenvalue weighted by Crippen LogP contribution is -2.14. The van der Waals surface area contributed by atoms with Crippen LogP contribution in [0.1, 0.15) is 37.8 Å². The number of benzene rings is 2. The Morgan fingerprint density at radius 3 is 2.44 bits per heavy atom. The maximum Gasteiger partial charge on any atom is 0.262 e. The fourth-order valence-corrected chi connectivity index (χ4v) is 3.90. The molecule has 0 saturated heterocycles. The Kier molecular flexibility index (Phi) is 4.11. The van der Waals surface area contributed by atoms with Gasteiger partial charge >= 0.3 is 0 Å². The van der Waals surface area contributed by atoms with E-state index >= 15 is 0 Å². The zero-order valence-corrected chi connectivity index (χ0v) is 15.9. The summed E-state index contributed by atoms with van der Waals surface area (Å²) < 4.78 is 33.8. The molecule has 132 valence electrons. The van der Waals surface area contributed by atoms with E-state index in [9.17, 15) is 8.42 Å². The molecular weight excluding hydrogens is 336 g/mol. The fourth-order valence-electron chi connectivity index (χ4n) is 2.52. The number of rotatable bonds is 3. The molecule has 0 amide bonds. The standard InChI is InChI=1S/C19H22N2O3S/c1-12-6-7-13(2)17(10-12)25(22,23)21-14-8-9-16-15(11-14)20-18(24-16)19(3,4)5/h6-11,21H,1-5H3. The van der Waals surface area contributed by atoms with Crippen molar-refractivity contribution in [3.63, 3.8) is 0 Å². The SMILES string of the molecule is Cc1ccc(C)c(S(=O)(=O)Nc2ccc3oc(C(C)(C)C)nc3c2)c1. The third kappa shape index (κ3) is 3.54. The summed E-state index contributed by atoms with van der Waals surface area (Å²) in [6.45, 7) is 9.70. The summed E-state index contributed by atoms with van der Waals surface area (Å²) in [5.41, 5.74) is 3.12. The minimum atomic E-state index is -3.67. The van der Waals surface area contributed by atoms with Gasteiger partial charge in [-0.1, -0.05) is 32.9 Å². The molecule has 0 unspecified atom stereocenters. The van der Waals surface area contributed by atoms with Crippen molar-refractivity contribution < 1.29 is 12.8 Å². The molecule has 0 saturated carbocycles. The molecule has 3 aromatic rings. The third-order valence-electron chi connectivity index (χ3n) is 3.91. The summed E-state index contributed by atoms with van der Waals surface area (Å²) in [6, 6.07) is 10.5. The van der Waals surface area contributed by atoms with Gasteiger partial charge in [-0.15, -0.1) is 0 Å². The Hall–Kier alpha value is -2.34. The van der Waals surface area contributed by atoms with E-state index in [1.807, 2.05) is 33.8 Å². The maximum atomic E-state index is 12.7. The largest absolute Gasteiger partial charge is 0.440 e. The van der Waals surface area contributed by atoms with E-state index in [4.69, 9.17) is 4.42 Å². The highest BCUT2D eigenvalue weighted by molar-refractivity contribution is 7.92. The number of nitrogens with one attached hydrogen (secondary N) is 1.